The summed E-state index contributed by atoms with van der Waals surface area (Å²) in [5.41, 5.74) is 0. The smallest absolute Gasteiger partial charge is 0.349 e. The van der Waals surface area contributed by atoms with Gasteiger partial charge in [0, 0.05) is 11.3 Å². The van der Waals surface area contributed by atoms with E-state index in [-0.39, 0.29) is 5.97 Å². The second-order valence-corrected chi connectivity index (χ2v) is 5.01. The van der Waals surface area contributed by atoms with Crippen LogP contribution in [0.15, 0.2) is 23.7 Å². The lowest BCUT2D eigenvalue weighted by Gasteiger charge is -1.91. The average molecular weight is 239 g/mol. The number of carbonyl (C=O) groups is 1. The van der Waals surface area contributed by atoms with Gasteiger partial charge in [-0.05, 0) is 11.4 Å². The van der Waals surface area contributed by atoms with Gasteiger partial charge in [-0.1, -0.05) is 6.07 Å². The molecule has 0 saturated heterocycles. The zero-order chi connectivity index (χ0) is 10.7. The topological polar surface area (TPSA) is 39.2 Å². The maximum Gasteiger partial charge on any atom is 0.349 e. The first-order chi connectivity index (χ1) is 7.29. The van der Waals surface area contributed by atoms with E-state index in [0.717, 1.165) is 11.4 Å². The first kappa shape index (κ1) is 10.3. The summed E-state index contributed by atoms with van der Waals surface area (Å²) in [5, 5.41) is 2.97. The molecule has 0 bridgehead atoms. The van der Waals surface area contributed by atoms with E-state index >= 15 is 0 Å². The van der Waals surface area contributed by atoms with Crippen molar-refractivity contribution in [3.63, 3.8) is 0 Å². The molecule has 0 amide bonds. The maximum absolute atomic E-state index is 11.2. The molecule has 0 aromatic carbocycles. The van der Waals surface area contributed by atoms with Gasteiger partial charge < -0.3 is 4.74 Å². The maximum atomic E-state index is 11.2. The molecule has 0 aliphatic rings. The molecular formula is C10H9NO2S2. The van der Waals surface area contributed by atoms with Gasteiger partial charge in [-0.3, -0.25) is 0 Å². The highest BCUT2D eigenvalue weighted by Gasteiger charge is 2.10. The van der Waals surface area contributed by atoms with Crippen LogP contribution in [0.25, 0.3) is 0 Å². The Balaban J connectivity index is 2.11. The summed E-state index contributed by atoms with van der Waals surface area (Å²) < 4.78 is 4.62. The summed E-state index contributed by atoms with van der Waals surface area (Å²) >= 11 is 3.08. The van der Waals surface area contributed by atoms with Gasteiger partial charge in [0.15, 0.2) is 0 Å². The number of thiophene rings is 1. The van der Waals surface area contributed by atoms with Crippen LogP contribution in [0.2, 0.25) is 0 Å². The molecule has 0 atom stereocenters. The second kappa shape index (κ2) is 4.55. The molecule has 2 aromatic rings. The molecule has 3 nitrogen and oxygen atoms in total. The SMILES string of the molecule is COC(=O)c1cnc(Cc2cccs2)s1. The highest BCUT2D eigenvalue weighted by atomic mass is 32.1. The zero-order valence-electron chi connectivity index (χ0n) is 8.10. The number of thiazole rings is 1. The van der Waals surface area contributed by atoms with Gasteiger partial charge >= 0.3 is 5.97 Å². The minimum absolute atomic E-state index is 0.315. The van der Waals surface area contributed by atoms with E-state index < -0.39 is 0 Å². The van der Waals surface area contributed by atoms with E-state index in [1.54, 1.807) is 17.5 Å². The number of carbonyl (C=O) groups excluding carboxylic acids is 1. The molecule has 78 valence electrons. The molecule has 0 aliphatic carbocycles. The van der Waals surface area contributed by atoms with Crippen LogP contribution in [0.5, 0.6) is 0 Å². The lowest BCUT2D eigenvalue weighted by molar-refractivity contribution is 0.0606. The van der Waals surface area contributed by atoms with Gasteiger partial charge in [-0.15, -0.1) is 22.7 Å². The predicted octanol–water partition coefficient (Wildman–Crippen LogP) is 2.58. The van der Waals surface area contributed by atoms with Crippen LogP contribution in [0.3, 0.4) is 0 Å². The summed E-state index contributed by atoms with van der Waals surface area (Å²) in [4.78, 5) is 17.2. The highest BCUT2D eigenvalue weighted by Crippen LogP contribution is 2.19. The first-order valence-electron chi connectivity index (χ1n) is 4.35. The fraction of sp³-hybridized carbons (Fsp3) is 0.200. The van der Waals surface area contributed by atoms with Crippen molar-refractivity contribution in [3.8, 4) is 0 Å². The summed E-state index contributed by atoms with van der Waals surface area (Å²) in [6, 6.07) is 4.07. The third-order valence-corrected chi connectivity index (χ3v) is 3.70. The number of hydrogen-bond acceptors (Lipinski definition) is 5. The number of nitrogens with zero attached hydrogens (tertiary/aromatic N) is 1. The fourth-order valence-electron chi connectivity index (χ4n) is 1.15. The third-order valence-electron chi connectivity index (χ3n) is 1.85. The molecule has 2 aromatic heterocycles. The van der Waals surface area contributed by atoms with Crippen LogP contribution in [0.1, 0.15) is 19.6 Å². The summed E-state index contributed by atoms with van der Waals surface area (Å²) in [7, 11) is 1.38. The minimum Gasteiger partial charge on any atom is -0.465 e. The molecule has 0 radical (unpaired) electrons. The van der Waals surface area contributed by atoms with Crippen molar-refractivity contribution in [1.82, 2.24) is 4.98 Å². The number of rotatable bonds is 3. The molecule has 0 aliphatic heterocycles. The third kappa shape index (κ3) is 2.43. The van der Waals surface area contributed by atoms with Crippen LogP contribution < -0.4 is 0 Å². The van der Waals surface area contributed by atoms with Crippen molar-refractivity contribution in [2.45, 2.75) is 6.42 Å². The van der Waals surface area contributed by atoms with Crippen LogP contribution >= 0.6 is 22.7 Å². The summed E-state index contributed by atoms with van der Waals surface area (Å²) in [5.74, 6) is -0.315. The van der Waals surface area contributed by atoms with Crippen molar-refractivity contribution >= 4 is 28.6 Å². The normalized spacial score (nSPS) is 10.2. The van der Waals surface area contributed by atoms with Crippen molar-refractivity contribution in [3.05, 3.63) is 38.5 Å². The first-order valence-corrected chi connectivity index (χ1v) is 6.04. The lowest BCUT2D eigenvalue weighted by atomic mass is 10.4. The van der Waals surface area contributed by atoms with E-state index in [1.807, 2.05) is 11.4 Å². The molecule has 0 spiro atoms. The van der Waals surface area contributed by atoms with E-state index in [0.29, 0.717) is 4.88 Å². The Kier molecular flexibility index (Phi) is 3.13. The van der Waals surface area contributed by atoms with E-state index in [1.165, 1.54) is 23.3 Å². The van der Waals surface area contributed by atoms with Gasteiger partial charge in [-0.25, -0.2) is 9.78 Å². The van der Waals surface area contributed by atoms with Gasteiger partial charge in [0.05, 0.1) is 18.3 Å². The van der Waals surface area contributed by atoms with Gasteiger partial charge in [0.2, 0.25) is 0 Å². The monoisotopic (exact) mass is 239 g/mol. The van der Waals surface area contributed by atoms with Crippen molar-refractivity contribution in [1.29, 1.82) is 0 Å². The van der Waals surface area contributed by atoms with Gasteiger partial charge in [-0.2, -0.15) is 0 Å². The molecule has 0 unspecified atom stereocenters. The zero-order valence-corrected chi connectivity index (χ0v) is 9.73. The molecule has 5 heteroatoms. The molecule has 0 N–H and O–H groups in total. The van der Waals surface area contributed by atoms with Crippen LogP contribution in [0, 0.1) is 0 Å². The van der Waals surface area contributed by atoms with Crippen molar-refractivity contribution in [2.75, 3.05) is 7.11 Å². The quantitative estimate of drug-likeness (QED) is 0.773. The second-order valence-electron chi connectivity index (χ2n) is 2.87. The van der Waals surface area contributed by atoms with Crippen molar-refractivity contribution < 1.29 is 9.53 Å². The molecule has 0 fully saturated rings. The molecule has 2 heterocycles. The molecule has 0 saturated carbocycles. The number of methoxy groups -OCH3 is 1. The van der Waals surface area contributed by atoms with E-state index in [4.69, 9.17) is 0 Å². The van der Waals surface area contributed by atoms with E-state index in [2.05, 4.69) is 15.8 Å². The number of ether oxygens (including phenoxy) is 1. The Bertz CT molecular complexity index is 448. The largest absolute Gasteiger partial charge is 0.465 e. The lowest BCUT2D eigenvalue weighted by Crippen LogP contribution is -1.96. The summed E-state index contributed by atoms with van der Waals surface area (Å²) in [6.07, 6.45) is 2.36. The fourth-order valence-corrected chi connectivity index (χ4v) is 2.81. The Labute approximate surface area is 95.4 Å². The van der Waals surface area contributed by atoms with Gasteiger partial charge in [0.25, 0.3) is 0 Å². The molecule has 15 heavy (non-hydrogen) atoms. The van der Waals surface area contributed by atoms with Crippen LogP contribution in [0.4, 0.5) is 0 Å². The van der Waals surface area contributed by atoms with Crippen LogP contribution in [-0.2, 0) is 11.2 Å². The Morgan fingerprint density at radius 3 is 3.13 bits per heavy atom. The number of esters is 1. The average Bonchev–Trinajstić information content (AvgIpc) is 2.88. The Hall–Kier alpha value is -1.20. The standard InChI is InChI=1S/C10H9NO2S2/c1-13-10(12)8-6-11-9(15-8)5-7-3-2-4-14-7/h2-4,6H,5H2,1H3. The Morgan fingerprint density at radius 2 is 2.47 bits per heavy atom. The summed E-state index contributed by atoms with van der Waals surface area (Å²) in [6.45, 7) is 0. The molecule has 2 rings (SSSR count). The Morgan fingerprint density at radius 1 is 1.60 bits per heavy atom. The number of hydrogen-bond donors (Lipinski definition) is 0. The minimum atomic E-state index is -0.315. The van der Waals surface area contributed by atoms with Crippen LogP contribution in [-0.4, -0.2) is 18.1 Å². The van der Waals surface area contributed by atoms with Crippen molar-refractivity contribution in [2.24, 2.45) is 0 Å². The highest BCUT2D eigenvalue weighted by molar-refractivity contribution is 7.14. The predicted molar refractivity (Wildman–Crippen MR) is 60.6 cm³/mol. The van der Waals surface area contributed by atoms with E-state index in [9.17, 15) is 4.79 Å². The van der Waals surface area contributed by atoms with Gasteiger partial charge in [0.1, 0.15) is 4.88 Å². The molecular weight excluding hydrogens is 230 g/mol. The number of aromatic nitrogens is 1.